The van der Waals surface area contributed by atoms with E-state index in [1.54, 1.807) is 32.6 Å². The average Bonchev–Trinajstić information content (AvgIpc) is 3.98. The third-order valence-corrected chi connectivity index (χ3v) is 42.8. The van der Waals surface area contributed by atoms with Gasteiger partial charge in [0, 0.05) is 0 Å². The van der Waals surface area contributed by atoms with Gasteiger partial charge in [0.05, 0.1) is 0 Å². The maximum absolute atomic E-state index is 3.92. The maximum Gasteiger partial charge on any atom is -0.147 e. The second-order valence-corrected chi connectivity index (χ2v) is 60.1. The number of halogens is 2. The van der Waals surface area contributed by atoms with Crippen molar-refractivity contribution in [1.29, 1.82) is 0 Å². The zero-order valence-corrected chi connectivity index (χ0v) is 44.6. The topological polar surface area (TPSA) is 0 Å². The van der Waals surface area contributed by atoms with Crippen LogP contribution < -0.4 is 10.4 Å². The predicted octanol–water partition coefficient (Wildman–Crippen LogP) is 14.8. The van der Waals surface area contributed by atoms with Crippen LogP contribution in [-0.4, -0.2) is 23.0 Å². The van der Waals surface area contributed by atoms with E-state index in [-0.39, 0.29) is 24.8 Å². The van der Waals surface area contributed by atoms with E-state index in [4.69, 9.17) is 0 Å². The van der Waals surface area contributed by atoms with Gasteiger partial charge in [0.25, 0.3) is 0 Å². The molecule has 58 heavy (non-hydrogen) atoms. The molecule has 2 atom stereocenters. The molecule has 0 radical (unpaired) electrons. The monoisotopic (exact) mass is 940 g/mol. The molecule has 6 heteroatoms. The molecule has 0 nitrogen and oxygen atoms in total. The molecular weight excluding hydrogens is 871 g/mol. The summed E-state index contributed by atoms with van der Waals surface area (Å²) >= 11 is -3.92. The summed E-state index contributed by atoms with van der Waals surface area (Å²) < 4.78 is 5.59. The smallest absolute Gasteiger partial charge is 0.147 e. The molecule has 2 unspecified atom stereocenters. The normalized spacial score (nSPS) is 19.9. The van der Waals surface area contributed by atoms with Crippen LogP contribution in [0.4, 0.5) is 0 Å². The molecule has 0 amide bonds. The molecule has 0 saturated heterocycles. The van der Waals surface area contributed by atoms with E-state index in [0.29, 0.717) is 7.25 Å². The molecule has 0 bridgehead atoms. The molecule has 4 aromatic carbocycles. The Labute approximate surface area is 369 Å². The van der Waals surface area contributed by atoms with E-state index in [2.05, 4.69) is 155 Å². The van der Waals surface area contributed by atoms with Gasteiger partial charge in [0.1, 0.15) is 0 Å². The fraction of sp³-hybridized carbons (Fsp3) is 0.462. The fourth-order valence-electron chi connectivity index (χ4n) is 12.4. The molecule has 4 aliphatic carbocycles. The Morgan fingerprint density at radius 2 is 0.914 bits per heavy atom. The molecule has 310 valence electrons. The zero-order chi connectivity index (χ0) is 39.5. The summed E-state index contributed by atoms with van der Waals surface area (Å²) in [6, 6.07) is 34.6. The summed E-state index contributed by atoms with van der Waals surface area (Å²) in [4.78, 5) is 0. The van der Waals surface area contributed by atoms with Gasteiger partial charge in [-0.3, -0.25) is 0 Å². The van der Waals surface area contributed by atoms with Gasteiger partial charge in [0.15, 0.2) is 0 Å². The summed E-state index contributed by atoms with van der Waals surface area (Å²) in [7, 11) is -2.74. The van der Waals surface area contributed by atoms with Crippen LogP contribution in [0.5, 0.6) is 0 Å². The minimum atomic E-state index is -3.92. The fourth-order valence-corrected chi connectivity index (χ4v) is 40.5. The number of hydrogen-bond acceptors (Lipinski definition) is 0. The van der Waals surface area contributed by atoms with Crippen molar-refractivity contribution in [3.63, 3.8) is 0 Å². The van der Waals surface area contributed by atoms with Crippen LogP contribution >= 0.6 is 24.8 Å². The van der Waals surface area contributed by atoms with Gasteiger partial charge in [-0.25, -0.2) is 0 Å². The average molecular weight is 944 g/mol. The maximum atomic E-state index is 2.98. The molecule has 0 aliphatic heterocycles. The Kier molecular flexibility index (Phi) is 14.0. The molecule has 8 rings (SSSR count). The third-order valence-electron chi connectivity index (χ3n) is 15.1. The van der Waals surface area contributed by atoms with Crippen molar-refractivity contribution in [2.45, 2.75) is 133 Å². The van der Waals surface area contributed by atoms with Crippen molar-refractivity contribution in [1.82, 2.24) is 0 Å². The second-order valence-electron chi connectivity index (χ2n) is 21.6. The molecule has 0 N–H and O–H groups in total. The molecule has 2 fully saturated rings. The van der Waals surface area contributed by atoms with Gasteiger partial charge in [-0.2, -0.15) is 0 Å². The van der Waals surface area contributed by atoms with E-state index < -0.39 is 33.5 Å². The number of benzene rings is 4. The summed E-state index contributed by atoms with van der Waals surface area (Å²) in [5.41, 5.74) is 15.9. The van der Waals surface area contributed by atoms with Gasteiger partial charge in [-0.1, -0.05) is 0 Å². The first kappa shape index (κ1) is 46.0. The summed E-state index contributed by atoms with van der Waals surface area (Å²) in [6.45, 7) is 20.0. The molecule has 4 aliphatic rings. The van der Waals surface area contributed by atoms with E-state index in [1.165, 1.54) is 97.0 Å². The second kappa shape index (κ2) is 17.7. The van der Waals surface area contributed by atoms with Crippen molar-refractivity contribution >= 4 is 70.4 Å². The zero-order valence-electron chi connectivity index (χ0n) is 37.1. The SMILES string of the molecule is CC[CH2][Zr]([CH3])(=[SiH2])([CH]1C(CC2CCCC2)=Cc2c(-c3ccc([Si](C)(C)C)cc3)cccc21)[CH]1C(CC2CCCC2)=Cc2c(-c3ccc([Si](C)(C)C)cc3)cccc21.Cl.Cl. The molecule has 0 aromatic heterocycles. The van der Waals surface area contributed by atoms with Crippen molar-refractivity contribution < 1.29 is 17.4 Å². The summed E-state index contributed by atoms with van der Waals surface area (Å²) in [5, 5.41) is 3.11. The number of rotatable bonds is 12. The summed E-state index contributed by atoms with van der Waals surface area (Å²) in [5.74, 6) is 1.69. The quantitative estimate of drug-likeness (QED) is 0.124. The van der Waals surface area contributed by atoms with E-state index in [0.717, 1.165) is 11.8 Å². The van der Waals surface area contributed by atoms with Crippen molar-refractivity contribution in [2.75, 3.05) is 0 Å². The van der Waals surface area contributed by atoms with Gasteiger partial charge in [-0.05, 0) is 0 Å². The first-order valence-electron chi connectivity index (χ1n) is 22.6. The standard InChI is InChI=1S/2C24H29Si.C3H7.CH3.2ClH.H2Si.Zr/c2*1-25(2,3)22-13-11-20(12-14-22)23-10-6-9-21-16-19(17-24(21)23)15-18-7-4-5-8-18;1-3-2;;;;;/h2*6,9-14,16-18H,4-5,7-8,15H2,1-3H3;1,3H2,2H3;1H3;2*1H;1H2;. The van der Waals surface area contributed by atoms with Crippen molar-refractivity contribution in [3.8, 4) is 22.3 Å². The summed E-state index contributed by atoms with van der Waals surface area (Å²) in [6.07, 6.45) is 20.8. The third kappa shape index (κ3) is 8.74. The Balaban J connectivity index is 0.00000283. The molecular formula is C52H72Cl2Si3Zr. The van der Waals surface area contributed by atoms with Gasteiger partial charge < -0.3 is 0 Å². The molecule has 0 heterocycles. The van der Waals surface area contributed by atoms with E-state index >= 15 is 0 Å². The van der Waals surface area contributed by atoms with Gasteiger partial charge in [0.2, 0.25) is 0 Å². The van der Waals surface area contributed by atoms with Gasteiger partial charge in [-0.15, -0.1) is 24.8 Å². The van der Waals surface area contributed by atoms with Crippen LogP contribution in [0.3, 0.4) is 0 Å². The Morgan fingerprint density at radius 1 is 0.552 bits per heavy atom. The Bertz CT molecular complexity index is 2080. The Hall–Kier alpha value is -1.53. The molecule has 2 saturated carbocycles. The first-order valence-corrected chi connectivity index (χ1v) is 42.5. The van der Waals surface area contributed by atoms with E-state index in [9.17, 15) is 0 Å². The van der Waals surface area contributed by atoms with Crippen LogP contribution in [-0.2, 0) is 17.4 Å². The largest absolute Gasteiger partial charge is 0.147 e. The van der Waals surface area contributed by atoms with Crippen LogP contribution in [0.2, 0.25) is 48.0 Å². The van der Waals surface area contributed by atoms with Gasteiger partial charge >= 0.3 is 348 Å². The van der Waals surface area contributed by atoms with E-state index in [1.807, 2.05) is 11.1 Å². The van der Waals surface area contributed by atoms with Crippen LogP contribution in [0.25, 0.3) is 34.4 Å². The molecule has 0 spiro atoms. The molecule has 4 aromatic rings. The number of allylic oxidation sites excluding steroid dienone is 2. The van der Waals surface area contributed by atoms with Crippen molar-refractivity contribution in [3.05, 3.63) is 118 Å². The van der Waals surface area contributed by atoms with Crippen LogP contribution in [0.1, 0.15) is 107 Å². The van der Waals surface area contributed by atoms with Crippen molar-refractivity contribution in [2.24, 2.45) is 11.8 Å². The number of hydrogen-bond donors (Lipinski definition) is 0. The minimum Gasteiger partial charge on any atom is -0.147 e. The van der Waals surface area contributed by atoms with Crippen LogP contribution in [0, 0.1) is 11.8 Å². The first-order chi connectivity index (χ1) is 26.6. The Morgan fingerprint density at radius 3 is 1.24 bits per heavy atom. The number of fused-ring (bicyclic) bond motifs is 2. The minimum absolute atomic E-state index is 0. The predicted molar refractivity (Wildman–Crippen MR) is 268 cm³/mol. The van der Waals surface area contributed by atoms with Crippen LogP contribution in [0.15, 0.2) is 96.1 Å².